The highest BCUT2D eigenvalue weighted by Crippen LogP contribution is 2.43. The van der Waals surface area contributed by atoms with Crippen molar-refractivity contribution in [3.8, 4) is 11.5 Å². The minimum atomic E-state index is -0.427. The van der Waals surface area contributed by atoms with Gasteiger partial charge in [-0.05, 0) is 47.7 Å². The van der Waals surface area contributed by atoms with Crippen LogP contribution >= 0.6 is 0 Å². The Morgan fingerprint density at radius 2 is 1.56 bits per heavy atom. The Morgan fingerprint density at radius 3 is 2.22 bits per heavy atom. The molecule has 1 heterocycles. The lowest BCUT2D eigenvalue weighted by Crippen LogP contribution is -2.38. The van der Waals surface area contributed by atoms with E-state index in [9.17, 15) is 14.4 Å². The van der Waals surface area contributed by atoms with E-state index in [0.29, 0.717) is 41.2 Å². The molecular formula is C25H25NO6. The van der Waals surface area contributed by atoms with Gasteiger partial charge in [-0.2, -0.15) is 0 Å². The number of amides is 1. The first kappa shape index (κ1) is 21.6. The van der Waals surface area contributed by atoms with Crippen LogP contribution in [0.15, 0.2) is 53.7 Å². The zero-order chi connectivity index (χ0) is 22.8. The molecule has 0 spiro atoms. The molecule has 0 saturated carbocycles. The van der Waals surface area contributed by atoms with Crippen LogP contribution in [0.5, 0.6) is 11.5 Å². The third-order valence-electron chi connectivity index (χ3n) is 6.15. The summed E-state index contributed by atoms with van der Waals surface area (Å²) in [5, 5.41) is 2.93. The molecule has 32 heavy (non-hydrogen) atoms. The second kappa shape index (κ2) is 8.86. The topological polar surface area (TPSA) is 90.9 Å². The van der Waals surface area contributed by atoms with E-state index in [0.717, 1.165) is 11.1 Å². The molecule has 2 aromatic carbocycles. The maximum atomic E-state index is 13.3. The fourth-order valence-electron chi connectivity index (χ4n) is 4.56. The van der Waals surface area contributed by atoms with E-state index in [2.05, 4.69) is 5.32 Å². The van der Waals surface area contributed by atoms with Crippen LogP contribution in [0.3, 0.4) is 0 Å². The summed E-state index contributed by atoms with van der Waals surface area (Å²) in [4.78, 5) is 37.5. The van der Waals surface area contributed by atoms with Gasteiger partial charge in [0.1, 0.15) is 0 Å². The Morgan fingerprint density at radius 1 is 0.875 bits per heavy atom. The fraction of sp³-hybridized carbons (Fsp3) is 0.320. The van der Waals surface area contributed by atoms with Crippen LogP contribution in [-0.4, -0.2) is 39.0 Å². The molecule has 166 valence electrons. The number of hydrogen-bond donors (Lipinski definition) is 1. The van der Waals surface area contributed by atoms with E-state index in [-0.39, 0.29) is 29.9 Å². The molecule has 2 aliphatic rings. The van der Waals surface area contributed by atoms with Gasteiger partial charge in [-0.1, -0.05) is 18.2 Å². The Labute approximate surface area is 186 Å². The molecule has 0 bridgehead atoms. The smallest absolute Gasteiger partial charge is 0.337 e. The molecular weight excluding hydrogens is 410 g/mol. The zero-order valence-corrected chi connectivity index (χ0v) is 18.3. The molecule has 0 aromatic heterocycles. The van der Waals surface area contributed by atoms with Crippen molar-refractivity contribution in [2.45, 2.75) is 31.1 Å². The van der Waals surface area contributed by atoms with E-state index >= 15 is 0 Å². The summed E-state index contributed by atoms with van der Waals surface area (Å²) in [6.07, 6.45) is 1.10. The number of ether oxygens (including phenoxy) is 3. The van der Waals surface area contributed by atoms with Gasteiger partial charge in [0.2, 0.25) is 5.91 Å². The van der Waals surface area contributed by atoms with Crippen LogP contribution in [-0.2, 0) is 14.3 Å². The minimum absolute atomic E-state index is 0.0214. The maximum absolute atomic E-state index is 13.3. The Kier molecular flexibility index (Phi) is 5.99. The van der Waals surface area contributed by atoms with Gasteiger partial charge in [0.05, 0.1) is 26.9 Å². The van der Waals surface area contributed by atoms with Gasteiger partial charge >= 0.3 is 5.97 Å². The number of allylic oxidation sites excluding steroid dienone is 2. The number of ketones is 1. The van der Waals surface area contributed by atoms with Crippen LogP contribution in [0, 0.1) is 0 Å². The van der Waals surface area contributed by atoms with Gasteiger partial charge in [0.25, 0.3) is 0 Å². The first-order chi connectivity index (χ1) is 15.4. The molecule has 2 atom stereocenters. The number of esters is 1. The van der Waals surface area contributed by atoms with Crippen LogP contribution < -0.4 is 14.8 Å². The molecule has 0 fully saturated rings. The number of carbonyl (C=O) groups is 3. The van der Waals surface area contributed by atoms with Gasteiger partial charge in [-0.15, -0.1) is 0 Å². The lowest BCUT2D eigenvalue weighted by atomic mass is 9.73. The summed E-state index contributed by atoms with van der Waals surface area (Å²) in [5.74, 6) is 0.309. The average Bonchev–Trinajstić information content (AvgIpc) is 2.82. The Hall–Kier alpha value is -3.61. The number of nitrogens with one attached hydrogen (secondary N) is 1. The second-order valence-corrected chi connectivity index (χ2v) is 7.95. The number of carbonyl (C=O) groups excluding carboxylic acids is 3. The summed E-state index contributed by atoms with van der Waals surface area (Å²) in [7, 11) is 4.48. The number of rotatable bonds is 5. The lowest BCUT2D eigenvalue weighted by molar-refractivity contribution is -0.122. The van der Waals surface area contributed by atoms with Crippen molar-refractivity contribution in [3.63, 3.8) is 0 Å². The Balaban J connectivity index is 1.65. The standard InChI is InChI=1S/C25H25NO6/c1-30-21-9-8-16(12-22(21)31-2)17-10-19-24(20(27)11-17)18(13-23(28)26-19)14-4-6-15(7-5-14)25(29)32-3/h4-9,12,17-18H,10-11,13H2,1-3H3,(H,26,28)/t17-,18+/m0/s1. The molecule has 0 radical (unpaired) electrons. The number of hydrogen-bond acceptors (Lipinski definition) is 6. The van der Waals surface area contributed by atoms with Crippen LogP contribution in [0.2, 0.25) is 0 Å². The molecule has 0 unspecified atom stereocenters. The minimum Gasteiger partial charge on any atom is -0.493 e. The van der Waals surface area contributed by atoms with E-state index < -0.39 is 5.97 Å². The summed E-state index contributed by atoms with van der Waals surface area (Å²) in [5.41, 5.74) is 3.56. The van der Waals surface area contributed by atoms with Crippen molar-refractivity contribution in [1.82, 2.24) is 5.32 Å². The highest BCUT2D eigenvalue weighted by Gasteiger charge is 2.38. The van der Waals surface area contributed by atoms with Crippen LogP contribution in [0.1, 0.15) is 52.6 Å². The maximum Gasteiger partial charge on any atom is 0.337 e. The monoisotopic (exact) mass is 435 g/mol. The summed E-state index contributed by atoms with van der Waals surface area (Å²) >= 11 is 0. The zero-order valence-electron chi connectivity index (χ0n) is 18.3. The number of methoxy groups -OCH3 is 3. The van der Waals surface area contributed by atoms with Gasteiger partial charge in [0.15, 0.2) is 17.3 Å². The predicted octanol–water partition coefficient (Wildman–Crippen LogP) is 3.49. The van der Waals surface area contributed by atoms with Gasteiger partial charge in [0, 0.05) is 30.0 Å². The van der Waals surface area contributed by atoms with E-state index in [4.69, 9.17) is 14.2 Å². The number of Topliss-reactive ketones (excluding diaryl/α,β-unsaturated/α-hetero) is 1. The fourth-order valence-corrected chi connectivity index (χ4v) is 4.56. The van der Waals surface area contributed by atoms with Gasteiger partial charge < -0.3 is 19.5 Å². The van der Waals surface area contributed by atoms with E-state index in [1.54, 1.807) is 38.5 Å². The first-order valence-electron chi connectivity index (χ1n) is 10.4. The largest absolute Gasteiger partial charge is 0.493 e. The molecule has 1 aliphatic heterocycles. The van der Waals surface area contributed by atoms with Crippen molar-refractivity contribution >= 4 is 17.7 Å². The third kappa shape index (κ3) is 3.98. The van der Waals surface area contributed by atoms with E-state index in [1.165, 1.54) is 7.11 Å². The lowest BCUT2D eigenvalue weighted by Gasteiger charge is -2.34. The molecule has 1 amide bonds. The molecule has 4 rings (SSSR count). The molecule has 7 heteroatoms. The highest BCUT2D eigenvalue weighted by atomic mass is 16.5. The van der Waals surface area contributed by atoms with Gasteiger partial charge in [-0.3, -0.25) is 9.59 Å². The van der Waals surface area contributed by atoms with Crippen molar-refractivity contribution in [3.05, 3.63) is 70.4 Å². The van der Waals surface area contributed by atoms with Crippen molar-refractivity contribution in [1.29, 1.82) is 0 Å². The Bertz CT molecular complexity index is 1100. The normalized spacial score (nSPS) is 20.3. The van der Waals surface area contributed by atoms with Crippen LogP contribution in [0.25, 0.3) is 0 Å². The molecule has 2 aromatic rings. The summed E-state index contributed by atoms with van der Waals surface area (Å²) in [6.45, 7) is 0. The number of benzene rings is 2. The van der Waals surface area contributed by atoms with Crippen molar-refractivity contribution < 1.29 is 28.6 Å². The highest BCUT2D eigenvalue weighted by molar-refractivity contribution is 6.02. The first-order valence-corrected chi connectivity index (χ1v) is 10.4. The van der Waals surface area contributed by atoms with Crippen LogP contribution in [0.4, 0.5) is 0 Å². The average molecular weight is 435 g/mol. The molecule has 1 aliphatic carbocycles. The molecule has 0 saturated heterocycles. The molecule has 7 nitrogen and oxygen atoms in total. The SMILES string of the molecule is COC(=O)c1ccc([C@H]2CC(=O)NC3=C2C(=O)C[C@@H](c2ccc(OC)c(OC)c2)C3)cc1. The summed E-state index contributed by atoms with van der Waals surface area (Å²) in [6, 6.07) is 12.5. The van der Waals surface area contributed by atoms with Gasteiger partial charge in [-0.25, -0.2) is 4.79 Å². The molecule has 1 N–H and O–H groups in total. The van der Waals surface area contributed by atoms with E-state index in [1.807, 2.05) is 18.2 Å². The second-order valence-electron chi connectivity index (χ2n) is 7.95. The van der Waals surface area contributed by atoms with Crippen molar-refractivity contribution in [2.75, 3.05) is 21.3 Å². The third-order valence-corrected chi connectivity index (χ3v) is 6.15. The quantitative estimate of drug-likeness (QED) is 0.723. The van der Waals surface area contributed by atoms with Crippen molar-refractivity contribution in [2.24, 2.45) is 0 Å². The summed E-state index contributed by atoms with van der Waals surface area (Å²) < 4.78 is 15.5. The predicted molar refractivity (Wildman–Crippen MR) is 117 cm³/mol.